The van der Waals surface area contributed by atoms with Crippen molar-refractivity contribution in [3.8, 4) is 11.5 Å². The van der Waals surface area contributed by atoms with Crippen LogP contribution in [0.1, 0.15) is 28.4 Å². The molecule has 0 amide bonds. The minimum Gasteiger partial charge on any atom is -0.508 e. The first-order valence-corrected chi connectivity index (χ1v) is 5.07. The van der Waals surface area contributed by atoms with E-state index in [2.05, 4.69) is 0 Å². The van der Waals surface area contributed by atoms with Gasteiger partial charge in [0.05, 0.1) is 13.7 Å². The molecule has 88 valence electrons. The van der Waals surface area contributed by atoms with Crippen molar-refractivity contribution in [2.45, 2.75) is 20.8 Å². The summed E-state index contributed by atoms with van der Waals surface area (Å²) in [6.45, 7) is 5.47. The maximum atomic E-state index is 11.7. The average molecular weight is 224 g/mol. The number of aryl methyl sites for hydroxylation is 1. The van der Waals surface area contributed by atoms with Gasteiger partial charge in [-0.05, 0) is 32.4 Å². The molecule has 0 unspecified atom stereocenters. The van der Waals surface area contributed by atoms with E-state index in [4.69, 9.17) is 9.47 Å². The van der Waals surface area contributed by atoms with Crippen LogP contribution >= 0.6 is 0 Å². The first-order valence-electron chi connectivity index (χ1n) is 5.07. The van der Waals surface area contributed by atoms with Crippen LogP contribution in [0.3, 0.4) is 0 Å². The first-order chi connectivity index (χ1) is 7.52. The van der Waals surface area contributed by atoms with Crippen molar-refractivity contribution in [1.29, 1.82) is 0 Å². The van der Waals surface area contributed by atoms with Gasteiger partial charge in [-0.3, -0.25) is 0 Å². The highest BCUT2D eigenvalue weighted by Crippen LogP contribution is 2.33. The molecule has 1 aromatic carbocycles. The third-order valence-corrected chi connectivity index (χ3v) is 2.38. The van der Waals surface area contributed by atoms with Crippen LogP contribution in [0.5, 0.6) is 11.5 Å². The molecule has 16 heavy (non-hydrogen) atoms. The molecule has 0 aliphatic heterocycles. The zero-order valence-corrected chi connectivity index (χ0v) is 9.96. The Morgan fingerprint density at radius 3 is 2.56 bits per heavy atom. The lowest BCUT2D eigenvalue weighted by molar-refractivity contribution is 0.0521. The Morgan fingerprint density at radius 2 is 2.06 bits per heavy atom. The Morgan fingerprint density at radius 1 is 1.44 bits per heavy atom. The second kappa shape index (κ2) is 4.88. The van der Waals surface area contributed by atoms with Crippen LogP contribution in [0.2, 0.25) is 0 Å². The van der Waals surface area contributed by atoms with Crippen molar-refractivity contribution in [3.63, 3.8) is 0 Å². The molecule has 1 aromatic rings. The van der Waals surface area contributed by atoms with E-state index in [0.29, 0.717) is 29.0 Å². The Hall–Kier alpha value is -1.71. The topological polar surface area (TPSA) is 55.8 Å². The standard InChI is InChI=1S/C12H16O4/c1-5-16-12(14)10-7(2)6-9(13)8(3)11(10)15-4/h6,13H,5H2,1-4H3. The number of carbonyl (C=O) groups excluding carboxylic acids is 1. The third-order valence-electron chi connectivity index (χ3n) is 2.38. The van der Waals surface area contributed by atoms with Crippen LogP contribution in [0.4, 0.5) is 0 Å². The van der Waals surface area contributed by atoms with E-state index < -0.39 is 5.97 Å². The fraction of sp³-hybridized carbons (Fsp3) is 0.417. The molecule has 0 fully saturated rings. The summed E-state index contributed by atoms with van der Waals surface area (Å²) in [4.78, 5) is 11.7. The molecule has 0 saturated carbocycles. The number of aromatic hydroxyl groups is 1. The van der Waals surface area contributed by atoms with Crippen LogP contribution in [-0.2, 0) is 4.74 Å². The maximum Gasteiger partial charge on any atom is 0.342 e. The van der Waals surface area contributed by atoms with Crippen molar-refractivity contribution in [2.24, 2.45) is 0 Å². The number of ether oxygens (including phenoxy) is 2. The predicted octanol–water partition coefficient (Wildman–Crippen LogP) is 2.19. The molecule has 0 aromatic heterocycles. The number of methoxy groups -OCH3 is 1. The molecule has 1 N–H and O–H groups in total. The fourth-order valence-corrected chi connectivity index (χ4v) is 1.58. The van der Waals surface area contributed by atoms with E-state index in [1.54, 1.807) is 20.8 Å². The molecule has 0 radical (unpaired) electrons. The van der Waals surface area contributed by atoms with E-state index in [9.17, 15) is 9.90 Å². The summed E-state index contributed by atoms with van der Waals surface area (Å²) in [6, 6.07) is 1.53. The van der Waals surface area contributed by atoms with Crippen molar-refractivity contribution >= 4 is 5.97 Å². The molecule has 0 spiro atoms. The van der Waals surface area contributed by atoms with Gasteiger partial charge in [-0.1, -0.05) is 0 Å². The van der Waals surface area contributed by atoms with E-state index >= 15 is 0 Å². The summed E-state index contributed by atoms with van der Waals surface area (Å²) in [5.74, 6) is 0.0540. The summed E-state index contributed by atoms with van der Waals surface area (Å²) in [6.07, 6.45) is 0. The predicted molar refractivity (Wildman–Crippen MR) is 60.1 cm³/mol. The third kappa shape index (κ3) is 2.10. The molecule has 4 heteroatoms. The number of benzene rings is 1. The Labute approximate surface area is 94.8 Å². The van der Waals surface area contributed by atoms with Crippen LogP contribution in [-0.4, -0.2) is 24.8 Å². The number of phenols is 1. The van der Waals surface area contributed by atoms with E-state index in [0.717, 1.165) is 0 Å². The van der Waals surface area contributed by atoms with Crippen LogP contribution < -0.4 is 4.74 Å². The van der Waals surface area contributed by atoms with Crippen molar-refractivity contribution in [1.82, 2.24) is 0 Å². The lowest BCUT2D eigenvalue weighted by Crippen LogP contribution is -2.10. The number of rotatable bonds is 3. The van der Waals surface area contributed by atoms with Crippen molar-refractivity contribution in [2.75, 3.05) is 13.7 Å². The number of phenolic OH excluding ortho intramolecular Hbond substituents is 1. The first kappa shape index (κ1) is 12.4. The molecular formula is C12H16O4. The van der Waals surface area contributed by atoms with Gasteiger partial charge in [-0.15, -0.1) is 0 Å². The summed E-state index contributed by atoms with van der Waals surface area (Å²) >= 11 is 0. The highest BCUT2D eigenvalue weighted by atomic mass is 16.5. The number of hydrogen-bond acceptors (Lipinski definition) is 4. The molecule has 1 rings (SSSR count). The minimum atomic E-state index is -0.431. The SMILES string of the molecule is CCOC(=O)c1c(C)cc(O)c(C)c1OC. The highest BCUT2D eigenvalue weighted by molar-refractivity contribution is 5.95. The van der Waals surface area contributed by atoms with Gasteiger partial charge in [0.25, 0.3) is 0 Å². The monoisotopic (exact) mass is 224 g/mol. The van der Waals surface area contributed by atoms with E-state index in [1.165, 1.54) is 13.2 Å². The van der Waals surface area contributed by atoms with Gasteiger partial charge in [0.2, 0.25) is 0 Å². The highest BCUT2D eigenvalue weighted by Gasteiger charge is 2.20. The summed E-state index contributed by atoms with van der Waals surface area (Å²) in [5.41, 5.74) is 1.55. The molecular weight excluding hydrogens is 208 g/mol. The van der Waals surface area contributed by atoms with Gasteiger partial charge in [0, 0.05) is 5.56 Å². The summed E-state index contributed by atoms with van der Waals surface area (Å²) < 4.78 is 10.1. The molecule has 0 atom stereocenters. The van der Waals surface area contributed by atoms with E-state index in [-0.39, 0.29) is 5.75 Å². The number of esters is 1. The lowest BCUT2D eigenvalue weighted by atomic mass is 10.0. The van der Waals surface area contributed by atoms with Crippen molar-refractivity contribution in [3.05, 3.63) is 22.8 Å². The zero-order chi connectivity index (χ0) is 12.3. The molecule has 0 aliphatic rings. The number of carbonyl (C=O) groups is 1. The summed E-state index contributed by atoms with van der Waals surface area (Å²) in [5, 5.41) is 9.62. The zero-order valence-electron chi connectivity index (χ0n) is 9.96. The molecule has 0 bridgehead atoms. The van der Waals surface area contributed by atoms with Gasteiger partial charge in [-0.25, -0.2) is 4.79 Å². The summed E-state index contributed by atoms with van der Waals surface area (Å²) in [7, 11) is 1.46. The number of hydrogen-bond donors (Lipinski definition) is 1. The van der Waals surface area contributed by atoms with Gasteiger partial charge in [-0.2, -0.15) is 0 Å². The van der Waals surface area contributed by atoms with Crippen molar-refractivity contribution < 1.29 is 19.4 Å². The Balaban J connectivity index is 3.36. The minimum absolute atomic E-state index is 0.113. The van der Waals surface area contributed by atoms with Gasteiger partial charge < -0.3 is 14.6 Å². The molecule has 4 nitrogen and oxygen atoms in total. The fourth-order valence-electron chi connectivity index (χ4n) is 1.58. The largest absolute Gasteiger partial charge is 0.508 e. The second-order valence-corrected chi connectivity index (χ2v) is 3.47. The quantitative estimate of drug-likeness (QED) is 0.799. The molecule has 0 heterocycles. The maximum absolute atomic E-state index is 11.7. The van der Waals surface area contributed by atoms with E-state index in [1.807, 2.05) is 0 Å². The molecule has 0 aliphatic carbocycles. The Bertz CT molecular complexity index is 410. The smallest absolute Gasteiger partial charge is 0.342 e. The lowest BCUT2D eigenvalue weighted by Gasteiger charge is -2.14. The molecule has 0 saturated heterocycles. The average Bonchev–Trinajstić information content (AvgIpc) is 2.23. The van der Waals surface area contributed by atoms with Gasteiger partial charge in [0.15, 0.2) is 0 Å². The van der Waals surface area contributed by atoms with Gasteiger partial charge in [0.1, 0.15) is 17.1 Å². The Kier molecular flexibility index (Phi) is 3.77. The van der Waals surface area contributed by atoms with Crippen LogP contribution in [0.25, 0.3) is 0 Å². The second-order valence-electron chi connectivity index (χ2n) is 3.47. The van der Waals surface area contributed by atoms with Gasteiger partial charge >= 0.3 is 5.97 Å². The van der Waals surface area contributed by atoms with Crippen LogP contribution in [0, 0.1) is 13.8 Å². The van der Waals surface area contributed by atoms with Crippen LogP contribution in [0.15, 0.2) is 6.07 Å². The normalized spacial score (nSPS) is 10.0.